The molecule has 6 nitrogen and oxygen atoms in total. The van der Waals surface area contributed by atoms with Gasteiger partial charge in [-0.3, -0.25) is 4.79 Å². The number of nitrogens with one attached hydrogen (secondary N) is 1. The summed E-state index contributed by atoms with van der Waals surface area (Å²) in [5, 5.41) is 2.52. The molecule has 0 aliphatic rings. The Kier molecular flexibility index (Phi) is 5.96. The molecule has 0 radical (unpaired) electrons. The standard InChI is InChI=1S/C20H16F3NO5/c1-26-16-4-2-3-5-17(16)27-12-15-10-11-18(28-15)19(25)24-13-6-8-14(9-7-13)29-20(21,22)23/h2-11H,12H2,1H3,(H,24,25). The van der Waals surface area contributed by atoms with Gasteiger partial charge in [-0.2, -0.15) is 0 Å². The smallest absolute Gasteiger partial charge is 0.493 e. The summed E-state index contributed by atoms with van der Waals surface area (Å²) < 4.78 is 56.5. The van der Waals surface area contributed by atoms with Crippen molar-refractivity contribution in [3.05, 3.63) is 72.2 Å². The number of carbonyl (C=O) groups is 1. The number of ether oxygens (including phenoxy) is 3. The molecule has 0 aliphatic carbocycles. The summed E-state index contributed by atoms with van der Waals surface area (Å²) in [6, 6.07) is 14.9. The van der Waals surface area contributed by atoms with E-state index in [2.05, 4.69) is 10.1 Å². The van der Waals surface area contributed by atoms with Gasteiger partial charge >= 0.3 is 6.36 Å². The van der Waals surface area contributed by atoms with Gasteiger partial charge < -0.3 is 23.9 Å². The van der Waals surface area contributed by atoms with Crippen molar-refractivity contribution in [2.75, 3.05) is 12.4 Å². The Morgan fingerprint density at radius 3 is 2.34 bits per heavy atom. The van der Waals surface area contributed by atoms with Gasteiger partial charge in [-0.25, -0.2) is 0 Å². The number of anilines is 1. The van der Waals surface area contributed by atoms with Crippen molar-refractivity contribution in [2.45, 2.75) is 13.0 Å². The van der Waals surface area contributed by atoms with E-state index < -0.39 is 12.3 Å². The van der Waals surface area contributed by atoms with Crippen molar-refractivity contribution in [1.82, 2.24) is 0 Å². The van der Waals surface area contributed by atoms with Crippen LogP contribution in [0.1, 0.15) is 16.3 Å². The third kappa shape index (κ3) is 5.68. The first-order valence-electron chi connectivity index (χ1n) is 8.36. The summed E-state index contributed by atoms with van der Waals surface area (Å²) >= 11 is 0. The van der Waals surface area contributed by atoms with Gasteiger partial charge in [0.1, 0.15) is 18.1 Å². The van der Waals surface area contributed by atoms with Crippen molar-refractivity contribution in [3.63, 3.8) is 0 Å². The highest BCUT2D eigenvalue weighted by atomic mass is 19.4. The SMILES string of the molecule is COc1ccccc1OCc1ccc(C(=O)Nc2ccc(OC(F)(F)F)cc2)o1. The molecule has 0 spiro atoms. The second-order valence-corrected chi connectivity index (χ2v) is 5.73. The molecular formula is C20H16F3NO5. The monoisotopic (exact) mass is 407 g/mol. The summed E-state index contributed by atoms with van der Waals surface area (Å²) in [7, 11) is 1.53. The fourth-order valence-corrected chi connectivity index (χ4v) is 2.40. The number of benzene rings is 2. The second kappa shape index (κ2) is 8.59. The van der Waals surface area contributed by atoms with Crippen LogP contribution in [0.4, 0.5) is 18.9 Å². The summed E-state index contributed by atoms with van der Waals surface area (Å²) in [6.45, 7) is 0.0805. The van der Waals surface area contributed by atoms with Gasteiger partial charge in [-0.05, 0) is 48.5 Å². The number of methoxy groups -OCH3 is 1. The van der Waals surface area contributed by atoms with Crippen molar-refractivity contribution in [1.29, 1.82) is 0 Å². The minimum Gasteiger partial charge on any atom is -0.493 e. The van der Waals surface area contributed by atoms with E-state index in [1.807, 2.05) is 6.07 Å². The molecule has 0 atom stereocenters. The average molecular weight is 407 g/mol. The fourth-order valence-electron chi connectivity index (χ4n) is 2.40. The van der Waals surface area contributed by atoms with E-state index in [1.165, 1.54) is 25.3 Å². The number of para-hydroxylation sites is 2. The van der Waals surface area contributed by atoms with Gasteiger partial charge in [0, 0.05) is 5.69 Å². The van der Waals surface area contributed by atoms with Crippen LogP contribution in [0.5, 0.6) is 17.2 Å². The summed E-state index contributed by atoms with van der Waals surface area (Å²) in [5.74, 6) is 0.588. The lowest BCUT2D eigenvalue weighted by Crippen LogP contribution is -2.17. The van der Waals surface area contributed by atoms with Crippen LogP contribution in [0.3, 0.4) is 0 Å². The Morgan fingerprint density at radius 1 is 1.00 bits per heavy atom. The molecule has 29 heavy (non-hydrogen) atoms. The lowest BCUT2D eigenvalue weighted by Gasteiger charge is -2.09. The zero-order chi connectivity index (χ0) is 20.9. The predicted octanol–water partition coefficient (Wildman–Crippen LogP) is 5.02. The molecule has 1 amide bonds. The third-order valence-electron chi connectivity index (χ3n) is 3.67. The molecule has 2 aromatic carbocycles. The number of hydrogen-bond donors (Lipinski definition) is 1. The molecule has 1 heterocycles. The van der Waals surface area contributed by atoms with Crippen molar-refractivity contribution >= 4 is 11.6 Å². The van der Waals surface area contributed by atoms with Crippen LogP contribution in [0.2, 0.25) is 0 Å². The van der Waals surface area contributed by atoms with E-state index in [1.54, 1.807) is 24.3 Å². The molecule has 0 bridgehead atoms. The Labute approximate surface area is 163 Å². The minimum atomic E-state index is -4.78. The van der Waals surface area contributed by atoms with Crippen molar-refractivity contribution in [2.24, 2.45) is 0 Å². The van der Waals surface area contributed by atoms with E-state index in [9.17, 15) is 18.0 Å². The van der Waals surface area contributed by atoms with E-state index >= 15 is 0 Å². The average Bonchev–Trinajstić information content (AvgIpc) is 3.16. The summed E-state index contributed by atoms with van der Waals surface area (Å²) in [6.07, 6.45) is -4.78. The normalized spacial score (nSPS) is 11.0. The highest BCUT2D eigenvalue weighted by molar-refractivity contribution is 6.02. The van der Waals surface area contributed by atoms with Crippen LogP contribution >= 0.6 is 0 Å². The van der Waals surface area contributed by atoms with E-state index in [0.717, 1.165) is 12.1 Å². The van der Waals surface area contributed by atoms with Gasteiger partial charge in [0.05, 0.1) is 7.11 Å². The topological polar surface area (TPSA) is 69.9 Å². The van der Waals surface area contributed by atoms with Crippen LogP contribution in [-0.2, 0) is 6.61 Å². The van der Waals surface area contributed by atoms with E-state index in [4.69, 9.17) is 13.9 Å². The van der Waals surface area contributed by atoms with Crippen LogP contribution in [0, 0.1) is 0 Å². The molecule has 0 fully saturated rings. The lowest BCUT2D eigenvalue weighted by molar-refractivity contribution is -0.274. The Morgan fingerprint density at radius 2 is 1.69 bits per heavy atom. The predicted molar refractivity (Wildman–Crippen MR) is 97.1 cm³/mol. The van der Waals surface area contributed by atoms with Crippen LogP contribution in [-0.4, -0.2) is 19.4 Å². The van der Waals surface area contributed by atoms with Crippen LogP contribution in [0.25, 0.3) is 0 Å². The summed E-state index contributed by atoms with van der Waals surface area (Å²) in [4.78, 5) is 12.2. The minimum absolute atomic E-state index is 0.0271. The molecule has 1 N–H and O–H groups in total. The maximum Gasteiger partial charge on any atom is 0.573 e. The van der Waals surface area contributed by atoms with Gasteiger partial charge in [-0.1, -0.05) is 12.1 Å². The number of alkyl halides is 3. The molecule has 9 heteroatoms. The highest BCUT2D eigenvalue weighted by Gasteiger charge is 2.31. The fraction of sp³-hybridized carbons (Fsp3) is 0.150. The molecular weight excluding hydrogens is 391 g/mol. The number of rotatable bonds is 7. The molecule has 1 aromatic heterocycles. The largest absolute Gasteiger partial charge is 0.573 e. The Bertz CT molecular complexity index is 967. The number of hydrogen-bond acceptors (Lipinski definition) is 5. The first kappa shape index (κ1) is 20.1. The van der Waals surface area contributed by atoms with Gasteiger partial charge in [0.2, 0.25) is 0 Å². The van der Waals surface area contributed by atoms with Crippen molar-refractivity contribution < 1.29 is 36.6 Å². The van der Waals surface area contributed by atoms with E-state index in [0.29, 0.717) is 17.3 Å². The molecule has 0 saturated heterocycles. The maximum atomic E-state index is 12.2. The third-order valence-corrected chi connectivity index (χ3v) is 3.67. The molecule has 0 aliphatic heterocycles. The second-order valence-electron chi connectivity index (χ2n) is 5.73. The maximum absolute atomic E-state index is 12.2. The molecule has 3 rings (SSSR count). The van der Waals surface area contributed by atoms with Gasteiger partial charge in [0.25, 0.3) is 5.91 Å². The van der Waals surface area contributed by atoms with Crippen molar-refractivity contribution in [3.8, 4) is 17.2 Å². The van der Waals surface area contributed by atoms with Gasteiger partial charge in [-0.15, -0.1) is 13.2 Å². The highest BCUT2D eigenvalue weighted by Crippen LogP contribution is 2.27. The number of carbonyl (C=O) groups excluding carboxylic acids is 1. The first-order chi connectivity index (χ1) is 13.8. The van der Waals surface area contributed by atoms with E-state index in [-0.39, 0.29) is 23.8 Å². The molecule has 3 aromatic rings. The Balaban J connectivity index is 1.58. The van der Waals surface area contributed by atoms with Gasteiger partial charge in [0.15, 0.2) is 17.3 Å². The zero-order valence-electron chi connectivity index (χ0n) is 15.2. The number of furan rings is 1. The summed E-state index contributed by atoms with van der Waals surface area (Å²) in [5.41, 5.74) is 0.285. The number of halogens is 3. The molecule has 0 saturated carbocycles. The molecule has 152 valence electrons. The van der Waals surface area contributed by atoms with Crippen LogP contribution < -0.4 is 19.5 Å². The quantitative estimate of drug-likeness (QED) is 0.596. The number of amides is 1. The first-order valence-corrected chi connectivity index (χ1v) is 8.36. The lowest BCUT2D eigenvalue weighted by atomic mass is 10.3. The van der Waals surface area contributed by atoms with Crippen LogP contribution in [0.15, 0.2) is 65.1 Å². The Hall–Kier alpha value is -3.62. The zero-order valence-corrected chi connectivity index (χ0v) is 15.2. The molecule has 0 unspecified atom stereocenters.